The highest BCUT2D eigenvalue weighted by Gasteiger charge is 2.06. The first-order valence-electron chi connectivity index (χ1n) is 9.24. The number of hydrogen-bond acceptors (Lipinski definition) is 4. The Balaban J connectivity index is 1.60. The number of halogens is 1. The van der Waals surface area contributed by atoms with Gasteiger partial charge in [-0.05, 0) is 54.3 Å². The molecule has 0 spiro atoms. The first-order valence-corrected chi connectivity index (χ1v) is 9.24. The van der Waals surface area contributed by atoms with Crippen LogP contribution >= 0.6 is 0 Å². The molecule has 1 amide bonds. The van der Waals surface area contributed by atoms with Gasteiger partial charge in [-0.3, -0.25) is 4.79 Å². The summed E-state index contributed by atoms with van der Waals surface area (Å²) in [4.78, 5) is 20.7. The molecule has 6 heteroatoms. The van der Waals surface area contributed by atoms with E-state index in [0.29, 0.717) is 24.0 Å². The Morgan fingerprint density at radius 2 is 1.75 bits per heavy atom. The summed E-state index contributed by atoms with van der Waals surface area (Å²) in [5.74, 6) is 0.601. The topological polar surface area (TPSA) is 66.9 Å². The maximum atomic E-state index is 13.3. The highest BCUT2D eigenvalue weighted by molar-refractivity contribution is 5.94. The van der Waals surface area contributed by atoms with Gasteiger partial charge in [-0.15, -0.1) is 0 Å². The van der Waals surface area contributed by atoms with Gasteiger partial charge in [0.2, 0.25) is 5.95 Å². The van der Waals surface area contributed by atoms with Gasteiger partial charge in [-0.25, -0.2) is 14.4 Å². The zero-order valence-electron chi connectivity index (χ0n) is 15.9. The van der Waals surface area contributed by atoms with Crippen LogP contribution in [0.5, 0.6) is 0 Å². The van der Waals surface area contributed by atoms with E-state index in [0.717, 1.165) is 23.2 Å². The second kappa shape index (κ2) is 9.08. The lowest BCUT2D eigenvalue weighted by molar-refractivity contribution is 0.0952. The molecule has 28 heavy (non-hydrogen) atoms. The second-order valence-electron chi connectivity index (χ2n) is 6.95. The number of amides is 1. The van der Waals surface area contributed by atoms with Crippen molar-refractivity contribution in [1.82, 2.24) is 15.3 Å². The van der Waals surface area contributed by atoms with E-state index in [4.69, 9.17) is 0 Å². The molecule has 0 fully saturated rings. The maximum absolute atomic E-state index is 13.3. The highest BCUT2D eigenvalue weighted by Crippen LogP contribution is 2.20. The van der Waals surface area contributed by atoms with Crippen LogP contribution < -0.4 is 10.6 Å². The quantitative estimate of drug-likeness (QED) is 0.620. The monoisotopic (exact) mass is 378 g/mol. The number of benzene rings is 2. The van der Waals surface area contributed by atoms with E-state index < -0.39 is 0 Å². The van der Waals surface area contributed by atoms with Crippen molar-refractivity contribution in [3.63, 3.8) is 0 Å². The Hall–Kier alpha value is -3.28. The molecule has 0 atom stereocenters. The number of aromatic nitrogens is 2. The van der Waals surface area contributed by atoms with Crippen molar-refractivity contribution in [1.29, 1.82) is 0 Å². The van der Waals surface area contributed by atoms with Crippen molar-refractivity contribution in [2.24, 2.45) is 5.92 Å². The Kier molecular flexibility index (Phi) is 6.32. The fraction of sp³-hybridized carbons (Fsp3) is 0.227. The minimum absolute atomic E-state index is 0.0807. The van der Waals surface area contributed by atoms with Crippen molar-refractivity contribution >= 4 is 17.5 Å². The molecular weight excluding hydrogens is 355 g/mol. The van der Waals surface area contributed by atoms with Crippen molar-refractivity contribution in [3.8, 4) is 11.1 Å². The average molecular weight is 378 g/mol. The smallest absolute Gasteiger partial charge is 0.251 e. The second-order valence-corrected chi connectivity index (χ2v) is 6.95. The summed E-state index contributed by atoms with van der Waals surface area (Å²) in [6, 6.07) is 13.4. The summed E-state index contributed by atoms with van der Waals surface area (Å²) in [6.45, 7) is 4.92. The number of nitrogens with one attached hydrogen (secondary N) is 2. The number of hydrogen-bond donors (Lipinski definition) is 2. The molecule has 0 saturated heterocycles. The van der Waals surface area contributed by atoms with Crippen LogP contribution in [0.4, 0.5) is 16.0 Å². The van der Waals surface area contributed by atoms with E-state index in [1.54, 1.807) is 48.8 Å². The number of anilines is 2. The van der Waals surface area contributed by atoms with Gasteiger partial charge < -0.3 is 10.6 Å². The standard InChI is InChI=1S/C22H23FN4O/c1-15(2)10-11-24-21(28)16-6-8-20(9-7-16)27-22-25-13-18(14-26-22)17-4-3-5-19(23)12-17/h3-9,12-15H,10-11H2,1-2H3,(H,24,28)(H,25,26,27). The third kappa shape index (κ3) is 5.36. The zero-order valence-corrected chi connectivity index (χ0v) is 15.9. The molecule has 1 aromatic heterocycles. The Bertz CT molecular complexity index is 924. The van der Waals surface area contributed by atoms with Crippen molar-refractivity contribution < 1.29 is 9.18 Å². The molecule has 0 aliphatic heterocycles. The fourth-order valence-corrected chi connectivity index (χ4v) is 2.62. The molecule has 0 aliphatic rings. The predicted octanol–water partition coefficient (Wildman–Crippen LogP) is 4.80. The molecule has 2 N–H and O–H groups in total. The lowest BCUT2D eigenvalue weighted by atomic mass is 10.1. The van der Waals surface area contributed by atoms with E-state index in [1.165, 1.54) is 12.1 Å². The third-order valence-electron chi connectivity index (χ3n) is 4.22. The van der Waals surface area contributed by atoms with Crippen molar-refractivity contribution in [3.05, 3.63) is 72.3 Å². The van der Waals surface area contributed by atoms with Crippen LogP contribution in [0.1, 0.15) is 30.6 Å². The molecule has 1 heterocycles. The van der Waals surface area contributed by atoms with Gasteiger partial charge in [0, 0.05) is 35.8 Å². The summed E-state index contributed by atoms with van der Waals surface area (Å²) in [7, 11) is 0. The number of carbonyl (C=O) groups excluding carboxylic acids is 1. The fourth-order valence-electron chi connectivity index (χ4n) is 2.62. The lowest BCUT2D eigenvalue weighted by Crippen LogP contribution is -2.25. The van der Waals surface area contributed by atoms with Crippen molar-refractivity contribution in [2.75, 3.05) is 11.9 Å². The Morgan fingerprint density at radius 1 is 1.04 bits per heavy atom. The Labute approximate surface area is 164 Å². The van der Waals surface area contributed by atoms with Crippen LogP contribution in [-0.2, 0) is 0 Å². The maximum Gasteiger partial charge on any atom is 0.251 e. The average Bonchev–Trinajstić information content (AvgIpc) is 2.69. The molecule has 0 aliphatic carbocycles. The molecule has 0 radical (unpaired) electrons. The minimum atomic E-state index is -0.298. The highest BCUT2D eigenvalue weighted by atomic mass is 19.1. The molecule has 0 saturated carbocycles. The predicted molar refractivity (Wildman–Crippen MR) is 109 cm³/mol. The van der Waals surface area contributed by atoms with Gasteiger partial charge in [0.25, 0.3) is 5.91 Å². The molecule has 3 rings (SSSR count). The van der Waals surface area contributed by atoms with Crippen LogP contribution in [0.2, 0.25) is 0 Å². The Morgan fingerprint density at radius 3 is 2.39 bits per heavy atom. The lowest BCUT2D eigenvalue weighted by Gasteiger charge is -2.09. The summed E-state index contributed by atoms with van der Waals surface area (Å²) in [5.41, 5.74) is 2.84. The summed E-state index contributed by atoms with van der Waals surface area (Å²) in [5, 5.41) is 6.00. The molecule has 0 bridgehead atoms. The van der Waals surface area contributed by atoms with E-state index in [1.807, 2.05) is 0 Å². The molecular formula is C22H23FN4O. The van der Waals surface area contributed by atoms with Gasteiger partial charge in [-0.2, -0.15) is 0 Å². The third-order valence-corrected chi connectivity index (χ3v) is 4.22. The van der Waals surface area contributed by atoms with E-state index in [9.17, 15) is 9.18 Å². The van der Waals surface area contributed by atoms with Gasteiger partial charge in [0.15, 0.2) is 0 Å². The molecule has 144 valence electrons. The van der Waals surface area contributed by atoms with E-state index >= 15 is 0 Å². The number of rotatable bonds is 7. The molecule has 3 aromatic rings. The number of nitrogens with zero attached hydrogens (tertiary/aromatic N) is 2. The summed E-state index contributed by atoms with van der Waals surface area (Å²) >= 11 is 0. The molecule has 2 aromatic carbocycles. The van der Waals surface area contributed by atoms with Crippen LogP contribution in [-0.4, -0.2) is 22.4 Å². The van der Waals surface area contributed by atoms with Crippen molar-refractivity contribution in [2.45, 2.75) is 20.3 Å². The normalized spacial score (nSPS) is 10.7. The van der Waals surface area contributed by atoms with E-state index in [-0.39, 0.29) is 11.7 Å². The minimum Gasteiger partial charge on any atom is -0.352 e. The SMILES string of the molecule is CC(C)CCNC(=O)c1ccc(Nc2ncc(-c3cccc(F)c3)cn2)cc1. The first-order chi connectivity index (χ1) is 13.5. The zero-order chi connectivity index (χ0) is 19.9. The van der Waals surface area contributed by atoms with Gasteiger partial charge >= 0.3 is 0 Å². The van der Waals surface area contributed by atoms with Gasteiger partial charge in [0.1, 0.15) is 5.82 Å². The first kappa shape index (κ1) is 19.5. The van der Waals surface area contributed by atoms with Crippen LogP contribution in [0.25, 0.3) is 11.1 Å². The largest absolute Gasteiger partial charge is 0.352 e. The number of carbonyl (C=O) groups is 1. The van der Waals surface area contributed by atoms with Gasteiger partial charge in [-0.1, -0.05) is 26.0 Å². The van der Waals surface area contributed by atoms with Crippen LogP contribution in [0.15, 0.2) is 60.9 Å². The summed E-state index contributed by atoms with van der Waals surface area (Å²) < 4.78 is 13.3. The van der Waals surface area contributed by atoms with Crippen LogP contribution in [0, 0.1) is 11.7 Å². The van der Waals surface area contributed by atoms with E-state index in [2.05, 4.69) is 34.4 Å². The molecule has 0 unspecified atom stereocenters. The van der Waals surface area contributed by atoms with Gasteiger partial charge in [0.05, 0.1) is 0 Å². The molecule has 5 nitrogen and oxygen atoms in total. The summed E-state index contributed by atoms with van der Waals surface area (Å²) in [6.07, 6.45) is 4.23. The van der Waals surface area contributed by atoms with Crippen LogP contribution in [0.3, 0.4) is 0 Å².